The molecule has 12 heteroatoms. The van der Waals surface area contributed by atoms with Crippen LogP contribution in [0.15, 0.2) is 96.1 Å². The summed E-state index contributed by atoms with van der Waals surface area (Å²) in [6.45, 7) is 1.09. The van der Waals surface area contributed by atoms with Crippen molar-refractivity contribution >= 4 is 28.5 Å². The molecule has 3 aliphatic rings. The number of aromatic hydroxyl groups is 1. The minimum Gasteiger partial charge on any atom is -0.507 e. The maximum absolute atomic E-state index is 13.8. The van der Waals surface area contributed by atoms with Crippen LogP contribution in [0.2, 0.25) is 0 Å². The molecule has 1 saturated carbocycles. The molecule has 1 aliphatic carbocycles. The second-order valence-corrected chi connectivity index (χ2v) is 14.4. The Balaban J connectivity index is 0.909. The van der Waals surface area contributed by atoms with Crippen LogP contribution in [-0.2, 0) is 16.6 Å². The lowest BCUT2D eigenvalue weighted by atomic mass is 9.76. The lowest BCUT2D eigenvalue weighted by molar-refractivity contribution is -0.134. The number of benzene rings is 2. The van der Waals surface area contributed by atoms with Gasteiger partial charge in [-0.15, -0.1) is 10.2 Å². The van der Waals surface area contributed by atoms with E-state index in [9.17, 15) is 19.5 Å². The summed E-state index contributed by atoms with van der Waals surface area (Å²) in [5.41, 5.74) is 7.04. The van der Waals surface area contributed by atoms with Crippen LogP contribution < -0.4 is 20.5 Å². The van der Waals surface area contributed by atoms with Crippen LogP contribution in [0.25, 0.3) is 39.2 Å². The first-order chi connectivity index (χ1) is 26.3. The van der Waals surface area contributed by atoms with Crippen LogP contribution in [0, 0.1) is 0 Å². The zero-order chi connectivity index (χ0) is 36.9. The molecule has 0 bridgehead atoms. The van der Waals surface area contributed by atoms with E-state index < -0.39 is 0 Å². The van der Waals surface area contributed by atoms with Crippen LogP contribution in [0.1, 0.15) is 61.6 Å². The topological polar surface area (TPSA) is 144 Å². The van der Waals surface area contributed by atoms with Crippen LogP contribution in [0.5, 0.6) is 11.5 Å². The van der Waals surface area contributed by atoms with E-state index in [2.05, 4.69) is 32.5 Å². The molecule has 1 atom stereocenters. The molecule has 1 saturated heterocycles. The predicted molar refractivity (Wildman–Crippen MR) is 204 cm³/mol. The Morgan fingerprint density at radius 3 is 2.48 bits per heavy atom. The summed E-state index contributed by atoms with van der Waals surface area (Å²) in [6, 6.07) is 24.4. The Morgan fingerprint density at radius 1 is 0.852 bits per heavy atom. The lowest BCUT2D eigenvalue weighted by Crippen LogP contribution is -2.54. The van der Waals surface area contributed by atoms with E-state index in [4.69, 9.17) is 9.72 Å². The molecule has 12 nitrogen and oxygen atoms in total. The van der Waals surface area contributed by atoms with Crippen molar-refractivity contribution in [2.45, 2.75) is 56.4 Å². The number of carbonyl (C=O) groups excluding carboxylic acids is 2. The van der Waals surface area contributed by atoms with Gasteiger partial charge in [-0.2, -0.15) is 0 Å². The molecule has 0 radical (unpaired) electrons. The van der Waals surface area contributed by atoms with Gasteiger partial charge in [-0.05, 0) is 104 Å². The van der Waals surface area contributed by atoms with Crippen LogP contribution in [-0.4, -0.2) is 60.4 Å². The number of rotatable bonds is 6. The van der Waals surface area contributed by atoms with E-state index in [-0.39, 0.29) is 35.1 Å². The molecule has 2 N–H and O–H groups in total. The Kier molecular flexibility index (Phi) is 8.44. The highest BCUT2D eigenvalue weighted by Crippen LogP contribution is 2.47. The van der Waals surface area contributed by atoms with Gasteiger partial charge in [-0.3, -0.25) is 24.3 Å². The van der Waals surface area contributed by atoms with Crippen molar-refractivity contribution in [3.8, 4) is 39.7 Å². The lowest BCUT2D eigenvalue weighted by Gasteiger charge is -2.40. The number of nitrogens with one attached hydrogen (secondary N) is 1. The smallest absolute Gasteiger partial charge is 0.258 e. The standard InChI is InChI=1S/C42H39N7O5/c1-47-33(26-11-9-25(10-12-26)28-6-4-7-34-40(28)54-22-21-48(34)35-16-18-39(51)44-41(35)52)15-14-29(42(47)53)27-13-17-38(43-24-27)49-20-19-31-36(49)23-32(46-45-31)30-5-2-3-8-37(30)50/h2-8,13-15,17,19-20,23-26,35,50H,9-12,16,18,21-22H2,1H3,(H,44,51,52). The first-order valence-corrected chi connectivity index (χ1v) is 18.5. The number of para-hydroxylation sites is 2. The summed E-state index contributed by atoms with van der Waals surface area (Å²) in [5, 5.41) is 21.5. The first kappa shape index (κ1) is 33.5. The minimum absolute atomic E-state index is 0.0581. The van der Waals surface area contributed by atoms with Crippen molar-refractivity contribution in [3.63, 3.8) is 0 Å². The van der Waals surface area contributed by atoms with Gasteiger partial charge in [0.2, 0.25) is 11.8 Å². The van der Waals surface area contributed by atoms with E-state index in [0.29, 0.717) is 60.1 Å². The van der Waals surface area contributed by atoms with Gasteiger partial charge in [0.1, 0.15) is 35.5 Å². The number of pyridine rings is 2. The van der Waals surface area contributed by atoms with Crippen LogP contribution >= 0.6 is 0 Å². The Labute approximate surface area is 311 Å². The molecule has 6 heterocycles. The average molecular weight is 722 g/mol. The number of phenolic OH excluding ortho intramolecular Hbond substituents is 1. The van der Waals surface area contributed by atoms with Gasteiger partial charge in [-0.25, -0.2) is 4.98 Å². The number of ether oxygens (including phenoxy) is 1. The number of amides is 2. The summed E-state index contributed by atoms with van der Waals surface area (Å²) in [4.78, 5) is 45.1. The predicted octanol–water partition coefficient (Wildman–Crippen LogP) is 6.00. The molecule has 9 rings (SSSR count). The molecule has 1 unspecified atom stereocenters. The summed E-state index contributed by atoms with van der Waals surface area (Å²) >= 11 is 0. The Hall–Kier alpha value is -6.30. The minimum atomic E-state index is -0.380. The number of nitrogens with zero attached hydrogens (tertiary/aromatic N) is 6. The number of imide groups is 1. The zero-order valence-electron chi connectivity index (χ0n) is 29.8. The SMILES string of the molecule is Cn1c(C2CCC(c3cccc4c3OCCN4C3CCC(=O)NC3=O)CC2)ccc(-c2ccc(-n3ccc4nnc(-c5ccccc5O)cc43)nc2)c1=O. The number of hydrogen-bond acceptors (Lipinski definition) is 9. The van der Waals surface area contributed by atoms with Crippen molar-refractivity contribution in [1.29, 1.82) is 0 Å². The van der Waals surface area contributed by atoms with Gasteiger partial charge in [0, 0.05) is 48.2 Å². The van der Waals surface area contributed by atoms with Gasteiger partial charge >= 0.3 is 0 Å². The third kappa shape index (κ3) is 5.87. The van der Waals surface area contributed by atoms with Gasteiger partial charge in [0.25, 0.3) is 5.56 Å². The molecule has 272 valence electrons. The van der Waals surface area contributed by atoms with E-state index in [0.717, 1.165) is 53.9 Å². The van der Waals surface area contributed by atoms with Crippen molar-refractivity contribution in [2.24, 2.45) is 7.05 Å². The normalized spacial score (nSPS) is 20.0. The van der Waals surface area contributed by atoms with Crippen molar-refractivity contribution in [2.75, 3.05) is 18.1 Å². The summed E-state index contributed by atoms with van der Waals surface area (Å²) < 4.78 is 9.96. The van der Waals surface area contributed by atoms with Gasteiger partial charge in [0.05, 0.1) is 23.4 Å². The molecule has 6 aromatic rings. The number of phenols is 1. The monoisotopic (exact) mass is 721 g/mol. The van der Waals surface area contributed by atoms with Crippen molar-refractivity contribution in [3.05, 3.63) is 113 Å². The molecule has 4 aromatic heterocycles. The van der Waals surface area contributed by atoms with E-state index in [1.165, 1.54) is 5.56 Å². The molecule has 2 amide bonds. The van der Waals surface area contributed by atoms with E-state index >= 15 is 0 Å². The molecular formula is C42H39N7O5. The summed E-state index contributed by atoms with van der Waals surface area (Å²) in [6.07, 6.45) is 8.24. The fraction of sp³-hybridized carbons (Fsp3) is 0.286. The molecule has 0 spiro atoms. The number of fused-ring (bicyclic) bond motifs is 2. The van der Waals surface area contributed by atoms with Crippen LogP contribution in [0.3, 0.4) is 0 Å². The number of anilines is 1. The number of hydrogen-bond donors (Lipinski definition) is 2. The average Bonchev–Trinajstić information content (AvgIpc) is 3.62. The molecular weight excluding hydrogens is 683 g/mol. The van der Waals surface area contributed by atoms with Crippen molar-refractivity contribution in [1.82, 2.24) is 29.6 Å². The molecule has 2 fully saturated rings. The molecule has 54 heavy (non-hydrogen) atoms. The van der Waals surface area contributed by atoms with E-state index in [1.807, 2.05) is 66.3 Å². The highest BCUT2D eigenvalue weighted by molar-refractivity contribution is 6.02. The molecule has 2 aliphatic heterocycles. The maximum Gasteiger partial charge on any atom is 0.258 e. The first-order valence-electron chi connectivity index (χ1n) is 18.5. The maximum atomic E-state index is 13.8. The number of aromatic nitrogens is 5. The second kappa shape index (κ2) is 13.6. The van der Waals surface area contributed by atoms with Crippen LogP contribution in [0.4, 0.5) is 5.69 Å². The number of carbonyl (C=O) groups is 2. The van der Waals surface area contributed by atoms with E-state index in [1.54, 1.807) is 29.0 Å². The van der Waals surface area contributed by atoms with Crippen molar-refractivity contribution < 1.29 is 19.4 Å². The third-order valence-electron chi connectivity index (χ3n) is 11.4. The zero-order valence-corrected chi connectivity index (χ0v) is 29.8. The summed E-state index contributed by atoms with van der Waals surface area (Å²) in [5.74, 6) is 1.76. The largest absolute Gasteiger partial charge is 0.507 e. The third-order valence-corrected chi connectivity index (χ3v) is 11.4. The molecule has 2 aromatic carbocycles. The Bertz CT molecular complexity index is 2480. The van der Waals surface area contributed by atoms with Gasteiger partial charge in [0.15, 0.2) is 0 Å². The number of piperidine rings is 1. The Morgan fingerprint density at radius 2 is 1.69 bits per heavy atom. The fourth-order valence-corrected chi connectivity index (χ4v) is 8.53. The second-order valence-electron chi connectivity index (χ2n) is 14.4. The van der Waals surface area contributed by atoms with Gasteiger partial charge in [-0.1, -0.05) is 24.3 Å². The highest BCUT2D eigenvalue weighted by Gasteiger charge is 2.36. The summed E-state index contributed by atoms with van der Waals surface area (Å²) in [7, 11) is 1.86. The van der Waals surface area contributed by atoms with Gasteiger partial charge < -0.3 is 19.3 Å². The highest BCUT2D eigenvalue weighted by atomic mass is 16.5. The fourth-order valence-electron chi connectivity index (χ4n) is 8.53. The quantitative estimate of drug-likeness (QED) is 0.198.